The van der Waals surface area contributed by atoms with Crippen molar-refractivity contribution in [3.63, 3.8) is 0 Å². The summed E-state index contributed by atoms with van der Waals surface area (Å²) >= 11 is 0. The molecule has 30 heavy (non-hydrogen) atoms. The minimum atomic E-state index is -0.169. The van der Waals surface area contributed by atoms with Crippen molar-refractivity contribution in [2.45, 2.75) is 6.04 Å². The van der Waals surface area contributed by atoms with E-state index in [2.05, 4.69) is 16.8 Å². The molecule has 0 aromatic heterocycles. The number of benzene rings is 2. The molecule has 0 spiro atoms. The summed E-state index contributed by atoms with van der Waals surface area (Å²) in [5.41, 5.74) is 3.48. The van der Waals surface area contributed by atoms with Gasteiger partial charge < -0.3 is 19.5 Å². The first-order chi connectivity index (χ1) is 14.6. The molecule has 1 atom stereocenters. The summed E-state index contributed by atoms with van der Waals surface area (Å²) in [4.78, 5) is 17.0. The summed E-state index contributed by atoms with van der Waals surface area (Å²) in [5.74, 6) is 1.34. The molecular formula is C23H27N3O4. The molecule has 1 fully saturated rings. The summed E-state index contributed by atoms with van der Waals surface area (Å²) in [5, 5.41) is 2.98. The van der Waals surface area contributed by atoms with E-state index in [-0.39, 0.29) is 12.1 Å². The zero-order valence-corrected chi connectivity index (χ0v) is 17.4. The van der Waals surface area contributed by atoms with Crippen LogP contribution in [0.3, 0.4) is 0 Å². The van der Waals surface area contributed by atoms with Gasteiger partial charge in [0.05, 0.1) is 39.2 Å². The molecule has 1 N–H and O–H groups in total. The van der Waals surface area contributed by atoms with Gasteiger partial charge in [-0.2, -0.15) is 0 Å². The average Bonchev–Trinajstić information content (AvgIpc) is 2.79. The zero-order valence-electron chi connectivity index (χ0n) is 17.4. The highest BCUT2D eigenvalue weighted by atomic mass is 16.5. The van der Waals surface area contributed by atoms with Crippen LogP contribution in [-0.4, -0.2) is 62.9 Å². The number of ether oxygens (including phenoxy) is 3. The van der Waals surface area contributed by atoms with Crippen LogP contribution in [0.5, 0.6) is 11.5 Å². The molecule has 2 aromatic carbocycles. The lowest BCUT2D eigenvalue weighted by molar-refractivity contribution is 0.0129. The Balaban J connectivity index is 1.67. The van der Waals surface area contributed by atoms with E-state index in [1.165, 1.54) is 0 Å². The van der Waals surface area contributed by atoms with Crippen LogP contribution in [0.25, 0.3) is 5.70 Å². The molecule has 158 valence electrons. The third-order valence-electron chi connectivity index (χ3n) is 5.68. The van der Waals surface area contributed by atoms with Crippen LogP contribution in [0.15, 0.2) is 49.0 Å². The van der Waals surface area contributed by atoms with Gasteiger partial charge in [0.25, 0.3) is 0 Å². The number of rotatable bonds is 6. The van der Waals surface area contributed by atoms with Crippen LogP contribution in [0, 0.1) is 0 Å². The van der Waals surface area contributed by atoms with E-state index in [1.54, 1.807) is 19.1 Å². The number of hydrogen-bond donors (Lipinski definition) is 1. The molecule has 0 bridgehead atoms. The number of nitrogens with zero attached hydrogens (tertiary/aromatic N) is 2. The molecule has 2 amide bonds. The highest BCUT2D eigenvalue weighted by Gasteiger charge is 2.32. The molecule has 0 aliphatic carbocycles. The maximum atomic E-state index is 12.9. The van der Waals surface area contributed by atoms with Gasteiger partial charge in [0.2, 0.25) is 0 Å². The number of methoxy groups -OCH3 is 2. The molecular weight excluding hydrogens is 382 g/mol. The fraction of sp³-hybridized carbons (Fsp3) is 0.348. The third kappa shape index (κ3) is 3.86. The first kappa shape index (κ1) is 20.3. The Bertz CT molecular complexity index is 940. The molecule has 0 saturated carbocycles. The largest absolute Gasteiger partial charge is 0.493 e. The van der Waals surface area contributed by atoms with E-state index in [0.717, 1.165) is 29.9 Å². The molecule has 0 radical (unpaired) electrons. The van der Waals surface area contributed by atoms with Crippen molar-refractivity contribution in [2.24, 2.45) is 0 Å². The second-order valence-electron chi connectivity index (χ2n) is 7.31. The predicted molar refractivity (Wildman–Crippen MR) is 116 cm³/mol. The average molecular weight is 409 g/mol. The summed E-state index contributed by atoms with van der Waals surface area (Å²) in [6.45, 7) is 7.60. The standard InChI is InChI=1S/C23H27N3O4/c1-16-18-6-4-5-7-19(18)24-23(27)26(16)15-20(25-10-12-30-13-11-25)17-8-9-21(28-2)22(14-17)29-3/h4-9,14,20H,1,10-13,15H2,2-3H3,(H,24,27)/t20-/m1/s1. The monoisotopic (exact) mass is 409 g/mol. The number of para-hydroxylation sites is 1. The fourth-order valence-electron chi connectivity index (χ4n) is 4.04. The quantitative estimate of drug-likeness (QED) is 0.790. The van der Waals surface area contributed by atoms with E-state index in [1.807, 2.05) is 42.5 Å². The van der Waals surface area contributed by atoms with Crippen LogP contribution >= 0.6 is 0 Å². The molecule has 2 aromatic rings. The van der Waals surface area contributed by atoms with E-state index in [9.17, 15) is 4.79 Å². The summed E-state index contributed by atoms with van der Waals surface area (Å²) in [6.07, 6.45) is 0. The molecule has 7 heteroatoms. The van der Waals surface area contributed by atoms with Crippen LogP contribution in [0.4, 0.5) is 10.5 Å². The van der Waals surface area contributed by atoms with Gasteiger partial charge in [-0.25, -0.2) is 4.79 Å². The van der Waals surface area contributed by atoms with Crippen molar-refractivity contribution < 1.29 is 19.0 Å². The van der Waals surface area contributed by atoms with Gasteiger partial charge >= 0.3 is 6.03 Å². The smallest absolute Gasteiger partial charge is 0.326 e. The second kappa shape index (κ2) is 8.77. The highest BCUT2D eigenvalue weighted by Crippen LogP contribution is 2.36. The Morgan fingerprint density at radius 1 is 1.10 bits per heavy atom. The van der Waals surface area contributed by atoms with Crippen molar-refractivity contribution in [1.29, 1.82) is 0 Å². The van der Waals surface area contributed by atoms with E-state index in [0.29, 0.717) is 37.0 Å². The number of carbonyl (C=O) groups excluding carboxylic acids is 1. The Labute approximate surface area is 176 Å². The van der Waals surface area contributed by atoms with E-state index >= 15 is 0 Å². The second-order valence-corrected chi connectivity index (χ2v) is 7.31. The molecule has 7 nitrogen and oxygen atoms in total. The predicted octanol–water partition coefficient (Wildman–Crippen LogP) is 3.60. The number of nitrogens with one attached hydrogen (secondary N) is 1. The maximum absolute atomic E-state index is 12.9. The van der Waals surface area contributed by atoms with Gasteiger partial charge in [-0.05, 0) is 23.8 Å². The van der Waals surface area contributed by atoms with Crippen LogP contribution in [-0.2, 0) is 4.74 Å². The lowest BCUT2D eigenvalue weighted by atomic mass is 10.0. The Morgan fingerprint density at radius 3 is 2.57 bits per heavy atom. The topological polar surface area (TPSA) is 63.3 Å². The highest BCUT2D eigenvalue weighted by molar-refractivity contribution is 6.02. The normalized spacial score (nSPS) is 17.9. The Morgan fingerprint density at radius 2 is 1.83 bits per heavy atom. The summed E-state index contributed by atoms with van der Waals surface area (Å²) < 4.78 is 16.5. The summed E-state index contributed by atoms with van der Waals surface area (Å²) in [6, 6.07) is 13.4. The molecule has 0 unspecified atom stereocenters. The van der Waals surface area contributed by atoms with Gasteiger partial charge in [-0.15, -0.1) is 0 Å². The van der Waals surface area contributed by atoms with E-state index in [4.69, 9.17) is 14.2 Å². The number of hydrogen-bond acceptors (Lipinski definition) is 5. The minimum Gasteiger partial charge on any atom is -0.493 e. The zero-order chi connectivity index (χ0) is 21.1. The lowest BCUT2D eigenvalue weighted by Crippen LogP contribution is -2.46. The molecule has 2 aliphatic rings. The van der Waals surface area contributed by atoms with Crippen molar-refractivity contribution >= 4 is 17.4 Å². The number of morpholine rings is 1. The number of carbonyl (C=O) groups is 1. The van der Waals surface area contributed by atoms with Crippen LogP contribution in [0.1, 0.15) is 17.2 Å². The Hall–Kier alpha value is -3.03. The van der Waals surface area contributed by atoms with Gasteiger partial charge in [0.15, 0.2) is 11.5 Å². The van der Waals surface area contributed by atoms with Crippen LogP contribution < -0.4 is 14.8 Å². The van der Waals surface area contributed by atoms with Gasteiger partial charge in [-0.3, -0.25) is 9.80 Å². The van der Waals surface area contributed by atoms with Crippen LogP contribution in [0.2, 0.25) is 0 Å². The molecule has 1 saturated heterocycles. The van der Waals surface area contributed by atoms with Crippen molar-refractivity contribution in [3.05, 3.63) is 60.2 Å². The first-order valence-corrected chi connectivity index (χ1v) is 10.0. The van der Waals surface area contributed by atoms with Gasteiger partial charge in [0, 0.05) is 30.9 Å². The Kier molecular flexibility index (Phi) is 5.92. The molecule has 4 rings (SSSR count). The fourth-order valence-corrected chi connectivity index (χ4v) is 4.04. The van der Waals surface area contributed by atoms with E-state index < -0.39 is 0 Å². The van der Waals surface area contributed by atoms with Gasteiger partial charge in [-0.1, -0.05) is 30.8 Å². The maximum Gasteiger partial charge on any atom is 0.326 e. The van der Waals surface area contributed by atoms with Crippen molar-refractivity contribution in [1.82, 2.24) is 9.80 Å². The molecule has 2 heterocycles. The third-order valence-corrected chi connectivity index (χ3v) is 5.68. The number of fused-ring (bicyclic) bond motifs is 1. The minimum absolute atomic E-state index is 0.0403. The number of urea groups is 1. The lowest BCUT2D eigenvalue weighted by Gasteiger charge is -2.39. The SMILES string of the molecule is C=C1c2ccccc2NC(=O)N1C[C@H](c1ccc(OC)c(OC)c1)N1CCOCC1. The molecule has 2 aliphatic heterocycles. The first-order valence-electron chi connectivity index (χ1n) is 10.0. The van der Waals surface area contributed by atoms with Crippen molar-refractivity contribution in [3.8, 4) is 11.5 Å². The van der Waals surface area contributed by atoms with Gasteiger partial charge in [0.1, 0.15) is 0 Å². The number of anilines is 1. The summed E-state index contributed by atoms with van der Waals surface area (Å²) in [7, 11) is 3.25. The number of amides is 2. The van der Waals surface area contributed by atoms with Crippen molar-refractivity contribution in [2.75, 3.05) is 52.4 Å².